The fourth-order valence-electron chi connectivity index (χ4n) is 2.62. The molecule has 1 heterocycles. The number of aryl methyl sites for hydroxylation is 1. The Morgan fingerprint density at radius 3 is 2.79 bits per heavy atom. The zero-order chi connectivity index (χ0) is 16.9. The third-order valence-electron chi connectivity index (χ3n) is 3.80. The van der Waals surface area contributed by atoms with E-state index >= 15 is 0 Å². The predicted octanol–water partition coefficient (Wildman–Crippen LogP) is 3.39. The first-order chi connectivity index (χ1) is 11.7. The van der Waals surface area contributed by atoms with Gasteiger partial charge < -0.3 is 4.84 Å². The Bertz CT molecular complexity index is 814. The minimum absolute atomic E-state index is 0.107. The van der Waals surface area contributed by atoms with Crippen LogP contribution in [0.25, 0.3) is 6.08 Å². The molecule has 24 heavy (non-hydrogen) atoms. The Kier molecular flexibility index (Phi) is 5.05. The van der Waals surface area contributed by atoms with Gasteiger partial charge in [-0.2, -0.15) is 0 Å². The standard InChI is InChI=1S/C18H17N3O2S/c1-23-21-16-7-5-13-9-12(3-6-15(13)16)4-8-17(22)14-10-19-18(24-2)20-11-14/h3-4,6,8-11H,5,7H2,1-2H3/b8-4+,21-16?. The van der Waals surface area contributed by atoms with Gasteiger partial charge in [-0.15, -0.1) is 0 Å². The highest BCUT2D eigenvalue weighted by atomic mass is 32.2. The predicted molar refractivity (Wildman–Crippen MR) is 95.5 cm³/mol. The summed E-state index contributed by atoms with van der Waals surface area (Å²) in [5.74, 6) is -0.107. The monoisotopic (exact) mass is 339 g/mol. The molecule has 0 radical (unpaired) electrons. The van der Waals surface area contributed by atoms with Gasteiger partial charge >= 0.3 is 0 Å². The highest BCUT2D eigenvalue weighted by Gasteiger charge is 2.18. The SMILES string of the molecule is CON=C1CCc2cc(/C=C/C(=O)c3cnc(SC)nc3)ccc21. The van der Waals surface area contributed by atoms with E-state index in [2.05, 4.69) is 21.2 Å². The summed E-state index contributed by atoms with van der Waals surface area (Å²) in [6.45, 7) is 0. The topological polar surface area (TPSA) is 64.4 Å². The second-order valence-corrected chi connectivity index (χ2v) is 6.07. The maximum absolute atomic E-state index is 12.2. The summed E-state index contributed by atoms with van der Waals surface area (Å²) in [6.07, 6.45) is 10.2. The lowest BCUT2D eigenvalue weighted by molar-refractivity contribution is 0.104. The Morgan fingerprint density at radius 1 is 1.29 bits per heavy atom. The van der Waals surface area contributed by atoms with Crippen LogP contribution in [0.4, 0.5) is 0 Å². The van der Waals surface area contributed by atoms with Crippen molar-refractivity contribution in [3.8, 4) is 0 Å². The Balaban J connectivity index is 1.75. The number of ketones is 1. The third kappa shape index (κ3) is 3.54. The number of nitrogens with zero attached hydrogens (tertiary/aromatic N) is 3. The molecule has 3 rings (SSSR count). The molecule has 5 nitrogen and oxygen atoms in total. The zero-order valence-corrected chi connectivity index (χ0v) is 14.3. The van der Waals surface area contributed by atoms with Crippen molar-refractivity contribution in [1.29, 1.82) is 0 Å². The highest BCUT2D eigenvalue weighted by Crippen LogP contribution is 2.24. The van der Waals surface area contributed by atoms with Crippen molar-refractivity contribution in [2.75, 3.05) is 13.4 Å². The van der Waals surface area contributed by atoms with Crippen LogP contribution in [0.2, 0.25) is 0 Å². The lowest BCUT2D eigenvalue weighted by Gasteiger charge is -2.01. The highest BCUT2D eigenvalue weighted by molar-refractivity contribution is 7.98. The van der Waals surface area contributed by atoms with Crippen molar-refractivity contribution >= 4 is 29.3 Å². The Labute approximate surface area is 144 Å². The number of rotatable bonds is 5. The van der Waals surface area contributed by atoms with Gasteiger partial charge in [0.15, 0.2) is 10.9 Å². The normalized spacial score (nSPS) is 15.0. The van der Waals surface area contributed by atoms with Crippen LogP contribution < -0.4 is 0 Å². The van der Waals surface area contributed by atoms with Crippen LogP contribution in [0.3, 0.4) is 0 Å². The van der Waals surface area contributed by atoms with E-state index in [9.17, 15) is 4.79 Å². The number of hydrogen-bond acceptors (Lipinski definition) is 6. The number of aromatic nitrogens is 2. The van der Waals surface area contributed by atoms with Crippen molar-refractivity contribution in [2.24, 2.45) is 5.16 Å². The molecule has 0 fully saturated rings. The van der Waals surface area contributed by atoms with Gasteiger partial charge in [0.25, 0.3) is 0 Å². The molecule has 0 atom stereocenters. The molecule has 0 amide bonds. The molecule has 1 aliphatic carbocycles. The number of thioether (sulfide) groups is 1. The fourth-order valence-corrected chi connectivity index (χ4v) is 2.93. The van der Waals surface area contributed by atoms with E-state index in [1.54, 1.807) is 25.6 Å². The van der Waals surface area contributed by atoms with Crippen LogP contribution in [-0.2, 0) is 11.3 Å². The average molecular weight is 339 g/mol. The quantitative estimate of drug-likeness (QED) is 0.275. The number of carbonyl (C=O) groups is 1. The Hall–Kier alpha value is -2.47. The average Bonchev–Trinajstić information content (AvgIpc) is 3.02. The van der Waals surface area contributed by atoms with Crippen molar-refractivity contribution < 1.29 is 9.63 Å². The molecule has 1 aromatic heterocycles. The van der Waals surface area contributed by atoms with Gasteiger partial charge in [0.2, 0.25) is 0 Å². The maximum Gasteiger partial charge on any atom is 0.188 e. The summed E-state index contributed by atoms with van der Waals surface area (Å²) in [4.78, 5) is 25.3. The second kappa shape index (κ2) is 7.40. The third-order valence-corrected chi connectivity index (χ3v) is 4.37. The van der Waals surface area contributed by atoms with Gasteiger partial charge in [0.05, 0.1) is 11.3 Å². The van der Waals surface area contributed by atoms with Crippen molar-refractivity contribution in [3.05, 3.63) is 58.9 Å². The van der Waals surface area contributed by atoms with Crippen molar-refractivity contribution in [2.45, 2.75) is 18.0 Å². The van der Waals surface area contributed by atoms with E-state index in [1.807, 2.05) is 24.5 Å². The molecule has 0 bridgehead atoms. The molecule has 0 N–H and O–H groups in total. The lowest BCUT2D eigenvalue weighted by atomic mass is 10.0. The molecule has 1 aliphatic rings. The van der Waals surface area contributed by atoms with Gasteiger partial charge in [-0.05, 0) is 36.3 Å². The van der Waals surface area contributed by atoms with Crippen molar-refractivity contribution in [1.82, 2.24) is 9.97 Å². The molecule has 0 spiro atoms. The smallest absolute Gasteiger partial charge is 0.188 e. The summed E-state index contributed by atoms with van der Waals surface area (Å²) < 4.78 is 0. The first-order valence-corrected chi connectivity index (χ1v) is 8.75. The Morgan fingerprint density at radius 2 is 2.08 bits per heavy atom. The van der Waals surface area contributed by atoms with Crippen LogP contribution in [-0.4, -0.2) is 34.8 Å². The largest absolute Gasteiger partial charge is 0.399 e. The van der Waals surface area contributed by atoms with Crippen LogP contribution in [0, 0.1) is 0 Å². The van der Waals surface area contributed by atoms with E-state index in [4.69, 9.17) is 4.84 Å². The molecule has 0 aliphatic heterocycles. The number of allylic oxidation sites excluding steroid dienone is 1. The molecule has 122 valence electrons. The van der Waals surface area contributed by atoms with E-state index in [0.717, 1.165) is 29.7 Å². The van der Waals surface area contributed by atoms with E-state index in [1.165, 1.54) is 17.3 Å². The van der Waals surface area contributed by atoms with Crippen LogP contribution in [0.1, 0.15) is 33.5 Å². The molecule has 6 heteroatoms. The molecule has 0 saturated carbocycles. The van der Waals surface area contributed by atoms with Gasteiger partial charge in [0.1, 0.15) is 7.11 Å². The number of fused-ring (bicyclic) bond motifs is 1. The first kappa shape index (κ1) is 16.4. The van der Waals surface area contributed by atoms with Gasteiger partial charge in [-0.1, -0.05) is 41.2 Å². The molecular formula is C18H17N3O2S. The number of oxime groups is 1. The van der Waals surface area contributed by atoms with Gasteiger partial charge in [0, 0.05) is 18.0 Å². The van der Waals surface area contributed by atoms with E-state index in [0.29, 0.717) is 10.7 Å². The molecule has 2 aromatic rings. The molecule has 0 unspecified atom stereocenters. The minimum Gasteiger partial charge on any atom is -0.399 e. The molecular weight excluding hydrogens is 322 g/mol. The van der Waals surface area contributed by atoms with Gasteiger partial charge in [-0.3, -0.25) is 4.79 Å². The molecule has 1 aromatic carbocycles. The lowest BCUT2D eigenvalue weighted by Crippen LogP contribution is -1.98. The van der Waals surface area contributed by atoms with Crippen LogP contribution in [0.15, 0.2) is 47.0 Å². The summed E-state index contributed by atoms with van der Waals surface area (Å²) in [6, 6.07) is 6.10. The number of carbonyl (C=O) groups excluding carboxylic acids is 1. The van der Waals surface area contributed by atoms with Crippen molar-refractivity contribution in [3.63, 3.8) is 0 Å². The first-order valence-electron chi connectivity index (χ1n) is 7.53. The summed E-state index contributed by atoms with van der Waals surface area (Å²) >= 11 is 1.44. The van der Waals surface area contributed by atoms with Crippen LogP contribution in [0.5, 0.6) is 0 Å². The minimum atomic E-state index is -0.107. The fraction of sp³-hybridized carbons (Fsp3) is 0.222. The zero-order valence-electron chi connectivity index (χ0n) is 13.5. The summed E-state index contributed by atoms with van der Waals surface area (Å²) in [5, 5.41) is 4.71. The number of benzene rings is 1. The van der Waals surface area contributed by atoms with E-state index in [-0.39, 0.29) is 5.78 Å². The molecule has 0 saturated heterocycles. The van der Waals surface area contributed by atoms with Gasteiger partial charge in [-0.25, -0.2) is 9.97 Å². The summed E-state index contributed by atoms with van der Waals surface area (Å²) in [5.41, 5.74) is 4.81. The van der Waals surface area contributed by atoms with E-state index < -0.39 is 0 Å². The van der Waals surface area contributed by atoms with Crippen LogP contribution >= 0.6 is 11.8 Å². The second-order valence-electron chi connectivity index (χ2n) is 5.29. The maximum atomic E-state index is 12.2. The number of hydrogen-bond donors (Lipinski definition) is 0. The summed E-state index contributed by atoms with van der Waals surface area (Å²) in [7, 11) is 1.56.